The predicted molar refractivity (Wildman–Crippen MR) is 72.5 cm³/mol. The standard InChI is InChI=1S/C11H11Br3O/c12-7-3-4-9(13)8(6-7)11(14)10-2-1-5-15-10/h3-4,6,10-11H,1-2,5H2. The Morgan fingerprint density at radius 1 is 1.33 bits per heavy atom. The predicted octanol–water partition coefficient (Wildman–Crippen LogP) is 4.83. The van der Waals surface area contributed by atoms with Gasteiger partial charge in [-0.05, 0) is 36.6 Å². The molecule has 0 spiro atoms. The molecule has 1 fully saturated rings. The first kappa shape index (κ1) is 12.1. The molecule has 1 aromatic rings. The summed E-state index contributed by atoms with van der Waals surface area (Å²) in [6.07, 6.45) is 2.60. The average Bonchev–Trinajstić information content (AvgIpc) is 2.74. The highest BCUT2D eigenvalue weighted by molar-refractivity contribution is 9.11. The minimum atomic E-state index is 0.270. The molecule has 1 nitrogen and oxygen atoms in total. The van der Waals surface area contributed by atoms with Crippen LogP contribution in [-0.2, 0) is 4.74 Å². The van der Waals surface area contributed by atoms with Gasteiger partial charge in [-0.25, -0.2) is 0 Å². The van der Waals surface area contributed by atoms with Gasteiger partial charge in [0, 0.05) is 15.6 Å². The van der Waals surface area contributed by atoms with Crippen molar-refractivity contribution in [2.75, 3.05) is 6.61 Å². The van der Waals surface area contributed by atoms with Crippen molar-refractivity contribution in [3.8, 4) is 0 Å². The Hall–Kier alpha value is 0.620. The molecule has 0 aromatic heterocycles. The van der Waals surface area contributed by atoms with Crippen LogP contribution in [0.15, 0.2) is 27.1 Å². The second kappa shape index (κ2) is 5.30. The molecule has 0 amide bonds. The lowest BCUT2D eigenvalue weighted by Gasteiger charge is -2.18. The van der Waals surface area contributed by atoms with Crippen molar-refractivity contribution >= 4 is 47.8 Å². The first-order valence-electron chi connectivity index (χ1n) is 4.89. The minimum Gasteiger partial charge on any atom is -0.377 e. The van der Waals surface area contributed by atoms with Gasteiger partial charge in [0.2, 0.25) is 0 Å². The molecule has 15 heavy (non-hydrogen) atoms. The lowest BCUT2D eigenvalue weighted by Crippen LogP contribution is -2.12. The average molecular weight is 399 g/mol. The second-order valence-corrected chi connectivity index (χ2v) is 6.38. The quantitative estimate of drug-likeness (QED) is 0.648. The molecule has 0 radical (unpaired) electrons. The number of alkyl halides is 1. The summed E-state index contributed by atoms with van der Waals surface area (Å²) in [5, 5.41) is 0. The SMILES string of the molecule is Brc1ccc(Br)c(C(Br)C2CCCO2)c1. The molecule has 0 N–H and O–H groups in total. The van der Waals surface area contributed by atoms with Crippen molar-refractivity contribution in [3.63, 3.8) is 0 Å². The zero-order chi connectivity index (χ0) is 10.8. The van der Waals surface area contributed by atoms with Gasteiger partial charge in [-0.2, -0.15) is 0 Å². The maximum atomic E-state index is 5.68. The van der Waals surface area contributed by atoms with Crippen molar-refractivity contribution in [1.29, 1.82) is 0 Å². The minimum absolute atomic E-state index is 0.270. The maximum absolute atomic E-state index is 5.68. The Labute approximate surface area is 115 Å². The fraction of sp³-hybridized carbons (Fsp3) is 0.455. The van der Waals surface area contributed by atoms with Crippen LogP contribution in [0.2, 0.25) is 0 Å². The van der Waals surface area contributed by atoms with Gasteiger partial charge in [-0.3, -0.25) is 0 Å². The van der Waals surface area contributed by atoms with E-state index in [1.54, 1.807) is 0 Å². The van der Waals surface area contributed by atoms with Crippen LogP contribution in [0.1, 0.15) is 23.2 Å². The highest BCUT2D eigenvalue weighted by Gasteiger charge is 2.26. The van der Waals surface area contributed by atoms with Crippen molar-refractivity contribution in [3.05, 3.63) is 32.7 Å². The number of hydrogen-bond acceptors (Lipinski definition) is 1. The molecular formula is C11H11Br3O. The molecular weight excluding hydrogens is 388 g/mol. The molecule has 1 aliphatic heterocycles. The van der Waals surface area contributed by atoms with Crippen LogP contribution in [0.5, 0.6) is 0 Å². The number of benzene rings is 1. The van der Waals surface area contributed by atoms with Crippen LogP contribution < -0.4 is 0 Å². The van der Waals surface area contributed by atoms with E-state index in [2.05, 4.69) is 59.9 Å². The van der Waals surface area contributed by atoms with E-state index in [0.29, 0.717) is 6.10 Å². The Morgan fingerprint density at radius 3 is 2.80 bits per heavy atom. The monoisotopic (exact) mass is 396 g/mol. The largest absolute Gasteiger partial charge is 0.377 e. The zero-order valence-corrected chi connectivity index (χ0v) is 12.8. The summed E-state index contributed by atoms with van der Waals surface area (Å²) in [5.41, 5.74) is 1.25. The molecule has 1 saturated heterocycles. The maximum Gasteiger partial charge on any atom is 0.0742 e. The molecule has 0 saturated carbocycles. The van der Waals surface area contributed by atoms with Crippen LogP contribution in [0.25, 0.3) is 0 Å². The van der Waals surface area contributed by atoms with E-state index in [9.17, 15) is 0 Å². The topological polar surface area (TPSA) is 9.23 Å². The number of ether oxygens (including phenoxy) is 1. The van der Waals surface area contributed by atoms with E-state index in [0.717, 1.165) is 22.0 Å². The summed E-state index contributed by atoms with van der Waals surface area (Å²) in [6.45, 7) is 0.887. The summed E-state index contributed by atoms with van der Waals surface area (Å²) in [7, 11) is 0. The Bertz CT molecular complexity index is 348. The van der Waals surface area contributed by atoms with Crippen molar-refractivity contribution in [1.82, 2.24) is 0 Å². The van der Waals surface area contributed by atoms with Crippen LogP contribution in [0.3, 0.4) is 0 Å². The van der Waals surface area contributed by atoms with Gasteiger partial charge in [0.1, 0.15) is 0 Å². The van der Waals surface area contributed by atoms with E-state index in [1.165, 1.54) is 12.0 Å². The van der Waals surface area contributed by atoms with E-state index in [4.69, 9.17) is 4.74 Å². The summed E-state index contributed by atoms with van der Waals surface area (Å²) >= 11 is 10.8. The Balaban J connectivity index is 2.23. The number of hydrogen-bond donors (Lipinski definition) is 0. The number of halogens is 3. The van der Waals surface area contributed by atoms with Gasteiger partial charge in [0.15, 0.2) is 0 Å². The van der Waals surface area contributed by atoms with Crippen LogP contribution in [-0.4, -0.2) is 12.7 Å². The van der Waals surface area contributed by atoms with E-state index in [1.807, 2.05) is 6.07 Å². The summed E-state index contributed by atoms with van der Waals surface area (Å²) < 4.78 is 7.91. The summed E-state index contributed by atoms with van der Waals surface area (Å²) in [4.78, 5) is 0.270. The molecule has 2 rings (SSSR count). The normalized spacial score (nSPS) is 23.0. The van der Waals surface area contributed by atoms with Gasteiger partial charge in [0.05, 0.1) is 10.9 Å². The third-order valence-electron chi connectivity index (χ3n) is 2.55. The van der Waals surface area contributed by atoms with Crippen LogP contribution in [0.4, 0.5) is 0 Å². The first-order valence-corrected chi connectivity index (χ1v) is 7.39. The van der Waals surface area contributed by atoms with E-state index in [-0.39, 0.29) is 4.83 Å². The zero-order valence-electron chi connectivity index (χ0n) is 8.05. The van der Waals surface area contributed by atoms with Crippen molar-refractivity contribution < 1.29 is 4.74 Å². The lowest BCUT2D eigenvalue weighted by molar-refractivity contribution is 0.110. The third kappa shape index (κ3) is 2.84. The highest BCUT2D eigenvalue weighted by atomic mass is 79.9. The first-order chi connectivity index (χ1) is 7.18. The molecule has 2 unspecified atom stereocenters. The molecule has 1 heterocycles. The van der Waals surface area contributed by atoms with Gasteiger partial charge in [-0.15, -0.1) is 0 Å². The van der Waals surface area contributed by atoms with Crippen LogP contribution in [0, 0.1) is 0 Å². The Morgan fingerprint density at radius 2 is 2.13 bits per heavy atom. The van der Waals surface area contributed by atoms with Crippen molar-refractivity contribution in [2.45, 2.75) is 23.8 Å². The molecule has 82 valence electrons. The van der Waals surface area contributed by atoms with Gasteiger partial charge in [-0.1, -0.05) is 47.8 Å². The molecule has 1 aromatic carbocycles. The second-order valence-electron chi connectivity index (χ2n) is 3.62. The lowest BCUT2D eigenvalue weighted by atomic mass is 10.1. The van der Waals surface area contributed by atoms with Gasteiger partial charge >= 0.3 is 0 Å². The molecule has 0 bridgehead atoms. The molecule has 2 atom stereocenters. The Kier molecular flexibility index (Phi) is 4.27. The highest BCUT2D eigenvalue weighted by Crippen LogP contribution is 2.38. The molecule has 0 aliphatic carbocycles. The summed E-state index contributed by atoms with van der Waals surface area (Å²) in [6, 6.07) is 6.22. The smallest absolute Gasteiger partial charge is 0.0742 e. The third-order valence-corrected chi connectivity index (χ3v) is 4.84. The molecule has 1 aliphatic rings. The van der Waals surface area contributed by atoms with E-state index >= 15 is 0 Å². The van der Waals surface area contributed by atoms with Crippen molar-refractivity contribution in [2.24, 2.45) is 0 Å². The fourth-order valence-corrected chi connectivity index (χ4v) is 3.73. The van der Waals surface area contributed by atoms with Gasteiger partial charge < -0.3 is 4.74 Å². The fourth-order valence-electron chi connectivity index (χ4n) is 1.76. The summed E-state index contributed by atoms with van der Waals surface area (Å²) in [5.74, 6) is 0. The van der Waals surface area contributed by atoms with Crippen LogP contribution >= 0.6 is 47.8 Å². The van der Waals surface area contributed by atoms with E-state index < -0.39 is 0 Å². The molecule has 4 heteroatoms. The number of rotatable bonds is 2. The van der Waals surface area contributed by atoms with Gasteiger partial charge in [0.25, 0.3) is 0 Å².